The molecule has 0 unspecified atom stereocenters. The Morgan fingerprint density at radius 1 is 1.18 bits per heavy atom. The van der Waals surface area contributed by atoms with Gasteiger partial charge >= 0.3 is 6.18 Å². The summed E-state index contributed by atoms with van der Waals surface area (Å²) in [4.78, 5) is 11.3. The number of fused-ring (bicyclic) bond motifs is 1. The zero-order valence-corrected chi connectivity index (χ0v) is 12.1. The van der Waals surface area contributed by atoms with Gasteiger partial charge < -0.3 is 0 Å². The highest BCUT2D eigenvalue weighted by molar-refractivity contribution is 6.35. The lowest BCUT2D eigenvalue weighted by atomic mass is 9.98. The van der Waals surface area contributed by atoms with Crippen molar-refractivity contribution in [2.75, 3.05) is 6.54 Å². The molecule has 2 aromatic rings. The first kappa shape index (κ1) is 15.1. The van der Waals surface area contributed by atoms with Crippen LogP contribution in [0.1, 0.15) is 18.0 Å². The van der Waals surface area contributed by atoms with E-state index in [1.54, 1.807) is 30.3 Å². The van der Waals surface area contributed by atoms with Crippen LogP contribution >= 0.6 is 11.6 Å². The highest BCUT2D eigenvalue weighted by Gasteiger charge is 2.47. The molecule has 2 aromatic carbocycles. The van der Waals surface area contributed by atoms with Crippen molar-refractivity contribution >= 4 is 28.3 Å². The summed E-state index contributed by atoms with van der Waals surface area (Å²) >= 11 is 6.12. The molecule has 1 N–H and O–H groups in total. The summed E-state index contributed by atoms with van der Waals surface area (Å²) < 4.78 is 40.8. The molecule has 0 aromatic heterocycles. The van der Waals surface area contributed by atoms with Crippen LogP contribution in [0.5, 0.6) is 0 Å². The molecule has 3 nitrogen and oxygen atoms in total. The van der Waals surface area contributed by atoms with E-state index in [4.69, 9.17) is 11.6 Å². The van der Waals surface area contributed by atoms with Crippen LogP contribution in [0.15, 0.2) is 36.4 Å². The van der Waals surface area contributed by atoms with Crippen LogP contribution in [0, 0.1) is 0 Å². The molecule has 7 heteroatoms. The Morgan fingerprint density at radius 3 is 2.45 bits per heavy atom. The fraction of sp³-hybridized carbons (Fsp3) is 0.267. The second-order valence-corrected chi connectivity index (χ2v) is 5.51. The van der Waals surface area contributed by atoms with Gasteiger partial charge in [-0.3, -0.25) is 10.2 Å². The first-order chi connectivity index (χ1) is 10.4. The van der Waals surface area contributed by atoms with Crippen molar-refractivity contribution in [1.82, 2.24) is 10.4 Å². The third-order valence-corrected chi connectivity index (χ3v) is 3.97. The lowest BCUT2D eigenvalue weighted by Gasteiger charge is -2.30. The summed E-state index contributed by atoms with van der Waals surface area (Å²) in [6.07, 6.45) is -4.49. The van der Waals surface area contributed by atoms with Crippen LogP contribution in [0.2, 0.25) is 5.02 Å². The molecule has 3 rings (SSSR count). The highest BCUT2D eigenvalue weighted by Crippen LogP contribution is 2.42. The van der Waals surface area contributed by atoms with Gasteiger partial charge in [-0.25, -0.2) is 5.01 Å². The largest absolute Gasteiger partial charge is 0.409 e. The van der Waals surface area contributed by atoms with Crippen LogP contribution in [0.25, 0.3) is 10.8 Å². The molecular formula is C15H12ClF3N2O. The molecule has 0 spiro atoms. The molecule has 1 aliphatic rings. The fourth-order valence-electron chi connectivity index (χ4n) is 2.76. The van der Waals surface area contributed by atoms with Crippen molar-refractivity contribution in [2.45, 2.75) is 18.6 Å². The number of amides is 1. The Morgan fingerprint density at radius 2 is 1.86 bits per heavy atom. The van der Waals surface area contributed by atoms with Gasteiger partial charge in [0.2, 0.25) is 5.91 Å². The molecule has 0 radical (unpaired) electrons. The molecule has 1 heterocycles. The van der Waals surface area contributed by atoms with Gasteiger partial charge in [0.25, 0.3) is 0 Å². The number of nitrogens with zero attached hydrogens (tertiary/aromatic N) is 1. The molecule has 1 saturated heterocycles. The van der Waals surface area contributed by atoms with E-state index in [0.717, 1.165) is 5.01 Å². The maximum absolute atomic E-state index is 13.6. The summed E-state index contributed by atoms with van der Waals surface area (Å²) in [5.74, 6) is -0.416. The van der Waals surface area contributed by atoms with E-state index in [1.807, 2.05) is 0 Å². The number of carbonyl (C=O) groups excluding carboxylic acids is 1. The molecule has 22 heavy (non-hydrogen) atoms. The molecule has 1 atom stereocenters. The molecular weight excluding hydrogens is 317 g/mol. The van der Waals surface area contributed by atoms with Crippen molar-refractivity contribution in [2.24, 2.45) is 0 Å². The van der Waals surface area contributed by atoms with E-state index in [2.05, 4.69) is 5.43 Å². The maximum atomic E-state index is 13.6. The maximum Gasteiger partial charge on any atom is 0.409 e. The third kappa shape index (κ3) is 2.64. The van der Waals surface area contributed by atoms with Gasteiger partial charge in [-0.15, -0.1) is 0 Å². The van der Waals surface area contributed by atoms with E-state index in [9.17, 15) is 18.0 Å². The number of carbonyl (C=O) groups is 1. The number of nitrogens with one attached hydrogen (secondary N) is 1. The topological polar surface area (TPSA) is 32.3 Å². The highest BCUT2D eigenvalue weighted by atomic mass is 35.5. The van der Waals surface area contributed by atoms with Crippen LogP contribution in [0.4, 0.5) is 13.2 Å². The van der Waals surface area contributed by atoms with Crippen LogP contribution in [-0.4, -0.2) is 23.6 Å². The summed E-state index contributed by atoms with van der Waals surface area (Å²) in [6.45, 7) is 0.00382. The van der Waals surface area contributed by atoms with E-state index >= 15 is 0 Å². The molecule has 1 fully saturated rings. The zero-order chi connectivity index (χ0) is 15.9. The molecule has 116 valence electrons. The Labute approximate surface area is 129 Å². The van der Waals surface area contributed by atoms with E-state index in [1.165, 1.54) is 6.07 Å². The van der Waals surface area contributed by atoms with Crippen LogP contribution < -0.4 is 5.43 Å². The standard InChI is InChI=1S/C15H12ClF3N2O/c16-11-6-2-4-9-3-1-5-10(13(9)11)14(15(17,18)19)21-8-7-12(22)20-21/h1-6,14H,7-8H2,(H,20,22)/t14-/m0/s1. The average Bonchev–Trinajstić information content (AvgIpc) is 2.84. The SMILES string of the molecule is O=C1CCN([C@@H](c2cccc3cccc(Cl)c23)C(F)(F)F)N1. The minimum atomic E-state index is -4.54. The second kappa shape index (κ2) is 5.44. The number of halogens is 4. The van der Waals surface area contributed by atoms with E-state index in [-0.39, 0.29) is 23.6 Å². The molecule has 1 amide bonds. The first-order valence-corrected chi connectivity index (χ1v) is 7.05. The smallest absolute Gasteiger partial charge is 0.288 e. The van der Waals surface area contributed by atoms with E-state index < -0.39 is 18.1 Å². The lowest BCUT2D eigenvalue weighted by molar-refractivity contribution is -0.190. The lowest BCUT2D eigenvalue weighted by Crippen LogP contribution is -2.43. The van der Waals surface area contributed by atoms with Crippen molar-refractivity contribution in [3.63, 3.8) is 0 Å². The minimum absolute atomic E-state index is 0.00382. The monoisotopic (exact) mass is 328 g/mol. The summed E-state index contributed by atoms with van der Waals surface area (Å²) in [5, 5.41) is 2.17. The molecule has 0 bridgehead atoms. The van der Waals surface area contributed by atoms with Gasteiger partial charge in [-0.05, 0) is 17.0 Å². The Bertz CT molecular complexity index is 727. The zero-order valence-electron chi connectivity index (χ0n) is 11.3. The third-order valence-electron chi connectivity index (χ3n) is 3.65. The van der Waals surface area contributed by atoms with Gasteiger partial charge in [0, 0.05) is 23.4 Å². The van der Waals surface area contributed by atoms with Crippen LogP contribution in [-0.2, 0) is 4.79 Å². The predicted octanol–water partition coefficient (Wildman–Crippen LogP) is 3.83. The first-order valence-electron chi connectivity index (χ1n) is 6.68. The van der Waals surface area contributed by atoms with Gasteiger partial charge in [0.1, 0.15) is 0 Å². The van der Waals surface area contributed by atoms with Crippen LogP contribution in [0.3, 0.4) is 0 Å². The van der Waals surface area contributed by atoms with Gasteiger partial charge in [-0.1, -0.05) is 41.9 Å². The number of rotatable bonds is 2. The number of hydrogen-bond acceptors (Lipinski definition) is 2. The molecule has 0 saturated carbocycles. The Hall–Kier alpha value is -1.79. The van der Waals surface area contributed by atoms with Crippen molar-refractivity contribution in [3.05, 3.63) is 47.0 Å². The van der Waals surface area contributed by atoms with Crippen molar-refractivity contribution in [3.8, 4) is 0 Å². The molecule has 0 aliphatic carbocycles. The van der Waals surface area contributed by atoms with E-state index in [0.29, 0.717) is 10.8 Å². The predicted molar refractivity (Wildman–Crippen MR) is 77.2 cm³/mol. The van der Waals surface area contributed by atoms with Crippen molar-refractivity contribution in [1.29, 1.82) is 0 Å². The fourth-order valence-corrected chi connectivity index (χ4v) is 3.05. The number of alkyl halides is 3. The number of hydrogen-bond donors (Lipinski definition) is 1. The van der Waals surface area contributed by atoms with Gasteiger partial charge in [0.05, 0.1) is 0 Å². The summed E-state index contributed by atoms with van der Waals surface area (Å²) in [7, 11) is 0. The number of benzene rings is 2. The Kier molecular flexibility index (Phi) is 3.74. The van der Waals surface area contributed by atoms with Gasteiger partial charge in [0.15, 0.2) is 6.04 Å². The van der Waals surface area contributed by atoms with Crippen molar-refractivity contribution < 1.29 is 18.0 Å². The van der Waals surface area contributed by atoms with Gasteiger partial charge in [-0.2, -0.15) is 13.2 Å². The average molecular weight is 329 g/mol. The second-order valence-electron chi connectivity index (χ2n) is 5.11. The Balaban J connectivity index is 2.19. The number of hydrazine groups is 1. The molecule has 1 aliphatic heterocycles. The normalized spacial score (nSPS) is 17.7. The quantitative estimate of drug-likeness (QED) is 0.908. The summed E-state index contributed by atoms with van der Waals surface area (Å²) in [5.41, 5.74) is 2.31. The minimum Gasteiger partial charge on any atom is -0.288 e. The summed E-state index contributed by atoms with van der Waals surface area (Å²) in [6, 6.07) is 7.70.